The maximum absolute atomic E-state index is 12.0. The van der Waals surface area contributed by atoms with E-state index in [4.69, 9.17) is 5.11 Å². The fourth-order valence-corrected chi connectivity index (χ4v) is 3.01. The van der Waals surface area contributed by atoms with Gasteiger partial charge in [0.1, 0.15) is 0 Å². The smallest absolute Gasteiger partial charge is 0.336 e. The van der Waals surface area contributed by atoms with Crippen LogP contribution in [0.5, 0.6) is 0 Å². The number of thiophene rings is 1. The second-order valence-corrected chi connectivity index (χ2v) is 5.58. The molecule has 0 aliphatic carbocycles. The van der Waals surface area contributed by atoms with E-state index in [0.29, 0.717) is 6.54 Å². The number of aromatic carboxylic acids is 1. The van der Waals surface area contributed by atoms with Crippen molar-refractivity contribution in [1.82, 2.24) is 5.32 Å². The number of amides is 1. The summed E-state index contributed by atoms with van der Waals surface area (Å²) in [6.07, 6.45) is 0. The summed E-state index contributed by atoms with van der Waals surface area (Å²) >= 11 is 4.89. The number of carbonyl (C=O) groups excluding carboxylic acids is 1. The lowest BCUT2D eigenvalue weighted by Crippen LogP contribution is -2.24. The Labute approximate surface area is 122 Å². The van der Waals surface area contributed by atoms with Crippen LogP contribution in [-0.2, 0) is 6.54 Å². The quantitative estimate of drug-likeness (QED) is 0.899. The average molecular weight is 340 g/mol. The van der Waals surface area contributed by atoms with Gasteiger partial charge in [-0.2, -0.15) is 0 Å². The third-order valence-electron chi connectivity index (χ3n) is 2.50. The van der Waals surface area contributed by atoms with Gasteiger partial charge in [0, 0.05) is 9.35 Å². The van der Waals surface area contributed by atoms with Crippen LogP contribution in [0.1, 0.15) is 25.6 Å². The third kappa shape index (κ3) is 3.21. The molecule has 2 N–H and O–H groups in total. The standard InChI is InChI=1S/C13H10BrNO3S/c14-10-5-6-19-11(10)7-15-12(16)8-3-1-2-4-9(8)13(17)18/h1-6H,7H2,(H,15,16)(H,17,18). The first-order valence-electron chi connectivity index (χ1n) is 5.42. The number of halogens is 1. The van der Waals surface area contributed by atoms with Crippen molar-refractivity contribution in [1.29, 1.82) is 0 Å². The fourth-order valence-electron chi connectivity index (χ4n) is 1.57. The van der Waals surface area contributed by atoms with E-state index in [1.54, 1.807) is 12.1 Å². The number of hydrogen-bond acceptors (Lipinski definition) is 3. The maximum Gasteiger partial charge on any atom is 0.336 e. The first kappa shape index (κ1) is 13.8. The van der Waals surface area contributed by atoms with Crippen LogP contribution in [0.15, 0.2) is 40.2 Å². The zero-order chi connectivity index (χ0) is 13.8. The first-order chi connectivity index (χ1) is 9.09. The van der Waals surface area contributed by atoms with Crippen molar-refractivity contribution >= 4 is 39.1 Å². The third-order valence-corrected chi connectivity index (χ3v) is 4.43. The molecule has 4 nitrogen and oxygen atoms in total. The molecule has 0 radical (unpaired) electrons. The highest BCUT2D eigenvalue weighted by Gasteiger charge is 2.15. The average Bonchev–Trinajstić information content (AvgIpc) is 2.81. The minimum absolute atomic E-state index is 0.00486. The van der Waals surface area contributed by atoms with Crippen molar-refractivity contribution in [3.63, 3.8) is 0 Å². The number of carbonyl (C=O) groups is 2. The number of hydrogen-bond donors (Lipinski definition) is 2. The molecule has 1 heterocycles. The molecular formula is C13H10BrNO3S. The number of carboxylic acid groups (broad SMARTS) is 1. The fraction of sp³-hybridized carbons (Fsp3) is 0.0769. The van der Waals surface area contributed by atoms with Crippen molar-refractivity contribution in [3.05, 3.63) is 56.2 Å². The van der Waals surface area contributed by atoms with Gasteiger partial charge >= 0.3 is 5.97 Å². The first-order valence-corrected chi connectivity index (χ1v) is 7.09. The topological polar surface area (TPSA) is 66.4 Å². The molecule has 0 saturated carbocycles. The Bertz CT molecular complexity index is 624. The summed E-state index contributed by atoms with van der Waals surface area (Å²) < 4.78 is 0.935. The molecule has 2 aromatic rings. The molecule has 1 amide bonds. The molecule has 0 unspecified atom stereocenters. The zero-order valence-corrected chi connectivity index (χ0v) is 12.1. The van der Waals surface area contributed by atoms with Gasteiger partial charge in [-0.1, -0.05) is 12.1 Å². The highest BCUT2D eigenvalue weighted by molar-refractivity contribution is 9.10. The van der Waals surface area contributed by atoms with Crippen LogP contribution in [0.25, 0.3) is 0 Å². The Hall–Kier alpha value is -1.66. The van der Waals surface area contributed by atoms with Crippen molar-refractivity contribution in [2.75, 3.05) is 0 Å². The van der Waals surface area contributed by atoms with Crippen LogP contribution in [0.3, 0.4) is 0 Å². The second kappa shape index (κ2) is 5.99. The highest BCUT2D eigenvalue weighted by Crippen LogP contribution is 2.22. The molecular weight excluding hydrogens is 330 g/mol. The second-order valence-electron chi connectivity index (χ2n) is 3.73. The van der Waals surface area contributed by atoms with Crippen LogP contribution in [0.4, 0.5) is 0 Å². The molecule has 0 aliphatic heterocycles. The summed E-state index contributed by atoms with van der Waals surface area (Å²) in [4.78, 5) is 24.0. The zero-order valence-electron chi connectivity index (χ0n) is 9.72. The van der Waals surface area contributed by atoms with E-state index in [9.17, 15) is 9.59 Å². The lowest BCUT2D eigenvalue weighted by Gasteiger charge is -2.07. The van der Waals surface area contributed by atoms with E-state index in [2.05, 4.69) is 21.2 Å². The molecule has 0 spiro atoms. The largest absolute Gasteiger partial charge is 0.478 e. The maximum atomic E-state index is 12.0. The van der Waals surface area contributed by atoms with Crippen LogP contribution in [0, 0.1) is 0 Å². The Morgan fingerprint density at radius 3 is 2.47 bits per heavy atom. The Balaban J connectivity index is 2.13. The number of rotatable bonds is 4. The lowest BCUT2D eigenvalue weighted by molar-refractivity contribution is 0.0691. The van der Waals surface area contributed by atoms with E-state index in [1.807, 2.05) is 11.4 Å². The van der Waals surface area contributed by atoms with Crippen molar-refractivity contribution in [3.8, 4) is 0 Å². The van der Waals surface area contributed by atoms with E-state index in [-0.39, 0.29) is 11.1 Å². The molecule has 1 aromatic carbocycles. The molecule has 98 valence electrons. The molecule has 1 aromatic heterocycles. The predicted octanol–water partition coefficient (Wildman–Crippen LogP) is 3.14. The van der Waals surface area contributed by atoms with E-state index in [1.165, 1.54) is 23.5 Å². The summed E-state index contributed by atoms with van der Waals surface area (Å²) in [6.45, 7) is 0.366. The SMILES string of the molecule is O=C(O)c1ccccc1C(=O)NCc1sccc1Br. The van der Waals surface area contributed by atoms with Crippen LogP contribution >= 0.6 is 27.3 Å². The number of nitrogens with one attached hydrogen (secondary N) is 1. The Morgan fingerprint density at radius 2 is 1.89 bits per heavy atom. The summed E-state index contributed by atoms with van der Waals surface area (Å²) in [7, 11) is 0. The minimum atomic E-state index is -1.11. The van der Waals surface area contributed by atoms with E-state index < -0.39 is 11.9 Å². The van der Waals surface area contributed by atoms with E-state index >= 15 is 0 Å². The van der Waals surface area contributed by atoms with Gasteiger partial charge in [0.2, 0.25) is 0 Å². The molecule has 0 fully saturated rings. The molecule has 2 rings (SSSR count). The van der Waals surface area contributed by atoms with Gasteiger partial charge in [-0.15, -0.1) is 11.3 Å². The van der Waals surface area contributed by atoms with Crippen LogP contribution in [0.2, 0.25) is 0 Å². The summed E-state index contributed by atoms with van der Waals surface area (Å²) in [5, 5.41) is 13.7. The van der Waals surface area contributed by atoms with E-state index in [0.717, 1.165) is 9.35 Å². The monoisotopic (exact) mass is 339 g/mol. The summed E-state index contributed by atoms with van der Waals surface area (Å²) in [5.41, 5.74) is 0.174. The molecule has 0 aliphatic rings. The molecule has 0 atom stereocenters. The molecule has 19 heavy (non-hydrogen) atoms. The minimum Gasteiger partial charge on any atom is -0.478 e. The summed E-state index contributed by atoms with van der Waals surface area (Å²) in [6, 6.07) is 8.05. The van der Waals surface area contributed by atoms with Crippen molar-refractivity contribution in [2.24, 2.45) is 0 Å². The highest BCUT2D eigenvalue weighted by atomic mass is 79.9. The van der Waals surface area contributed by atoms with Crippen LogP contribution in [-0.4, -0.2) is 17.0 Å². The van der Waals surface area contributed by atoms with Gasteiger partial charge in [-0.25, -0.2) is 4.79 Å². The van der Waals surface area contributed by atoms with Gasteiger partial charge in [-0.05, 0) is 39.5 Å². The lowest BCUT2D eigenvalue weighted by atomic mass is 10.1. The van der Waals surface area contributed by atoms with Gasteiger partial charge < -0.3 is 10.4 Å². The normalized spacial score (nSPS) is 10.2. The van der Waals surface area contributed by atoms with Crippen LogP contribution < -0.4 is 5.32 Å². The predicted molar refractivity (Wildman–Crippen MR) is 76.6 cm³/mol. The molecule has 6 heteroatoms. The molecule has 0 bridgehead atoms. The van der Waals surface area contributed by atoms with Crippen molar-refractivity contribution in [2.45, 2.75) is 6.54 Å². The number of carboxylic acids is 1. The van der Waals surface area contributed by atoms with Crippen molar-refractivity contribution < 1.29 is 14.7 Å². The number of benzene rings is 1. The van der Waals surface area contributed by atoms with Gasteiger partial charge in [-0.3, -0.25) is 4.79 Å². The Morgan fingerprint density at radius 1 is 1.21 bits per heavy atom. The summed E-state index contributed by atoms with van der Waals surface area (Å²) in [5.74, 6) is -1.50. The Kier molecular flexibility index (Phi) is 4.34. The van der Waals surface area contributed by atoms with Gasteiger partial charge in [0.05, 0.1) is 17.7 Å². The van der Waals surface area contributed by atoms with Gasteiger partial charge in [0.15, 0.2) is 0 Å². The molecule has 0 saturated heterocycles. The van der Waals surface area contributed by atoms with Gasteiger partial charge in [0.25, 0.3) is 5.91 Å².